The Labute approximate surface area is 116 Å². The number of fused-ring (bicyclic) bond motifs is 1. The highest BCUT2D eigenvalue weighted by Crippen LogP contribution is 2.17. The average molecular weight is 272 g/mol. The van der Waals surface area contributed by atoms with Gasteiger partial charge in [-0.3, -0.25) is 0 Å². The number of aromatic nitrogens is 4. The summed E-state index contributed by atoms with van der Waals surface area (Å²) in [7, 11) is 1.83. The van der Waals surface area contributed by atoms with Crippen LogP contribution in [0.2, 0.25) is 0 Å². The van der Waals surface area contributed by atoms with E-state index in [0.717, 1.165) is 23.6 Å². The van der Waals surface area contributed by atoms with Gasteiger partial charge in [-0.2, -0.15) is 0 Å². The molecule has 3 aromatic rings. The Hall–Kier alpha value is -2.57. The second-order valence-corrected chi connectivity index (χ2v) is 4.31. The molecule has 0 atom stereocenters. The van der Waals surface area contributed by atoms with Crippen molar-refractivity contribution in [3.05, 3.63) is 36.4 Å². The molecule has 7 heteroatoms. The molecule has 3 heterocycles. The predicted molar refractivity (Wildman–Crippen MR) is 75.7 cm³/mol. The molecule has 0 saturated heterocycles. The van der Waals surface area contributed by atoms with Gasteiger partial charge < -0.3 is 19.5 Å². The van der Waals surface area contributed by atoms with Gasteiger partial charge in [0.2, 0.25) is 5.89 Å². The summed E-state index contributed by atoms with van der Waals surface area (Å²) in [6.07, 6.45) is 8.09. The van der Waals surface area contributed by atoms with E-state index in [-0.39, 0.29) is 0 Å². The normalized spacial score (nSPS) is 10.9. The third-order valence-corrected chi connectivity index (χ3v) is 2.99. The van der Waals surface area contributed by atoms with Crippen LogP contribution in [0, 0.1) is 0 Å². The fourth-order valence-electron chi connectivity index (χ4n) is 1.92. The second kappa shape index (κ2) is 5.20. The molecule has 104 valence electrons. The summed E-state index contributed by atoms with van der Waals surface area (Å²) in [5.41, 5.74) is 0.770. The highest BCUT2D eigenvalue weighted by atomic mass is 16.4. The van der Waals surface area contributed by atoms with Crippen molar-refractivity contribution in [3.63, 3.8) is 0 Å². The van der Waals surface area contributed by atoms with Gasteiger partial charge in [0.25, 0.3) is 0 Å². The third-order valence-electron chi connectivity index (χ3n) is 2.99. The number of nitrogens with zero attached hydrogens (tertiary/aromatic N) is 4. The quantitative estimate of drug-likeness (QED) is 0.738. The predicted octanol–water partition coefficient (Wildman–Crippen LogP) is 1.93. The highest BCUT2D eigenvalue weighted by molar-refractivity contribution is 5.65. The SMILES string of the molecule is CCc1cnc(CNc2nc(NC)cn3ccnc23)o1. The molecule has 2 N–H and O–H groups in total. The van der Waals surface area contributed by atoms with Crippen molar-refractivity contribution in [2.45, 2.75) is 19.9 Å². The van der Waals surface area contributed by atoms with Crippen LogP contribution < -0.4 is 10.6 Å². The molecule has 0 bridgehead atoms. The second-order valence-electron chi connectivity index (χ2n) is 4.31. The molecule has 0 unspecified atom stereocenters. The van der Waals surface area contributed by atoms with Gasteiger partial charge in [0.15, 0.2) is 11.5 Å². The summed E-state index contributed by atoms with van der Waals surface area (Å²) in [6.45, 7) is 2.51. The third kappa shape index (κ3) is 2.29. The Bertz CT molecular complexity index is 717. The first-order valence-corrected chi connectivity index (χ1v) is 6.49. The van der Waals surface area contributed by atoms with E-state index in [4.69, 9.17) is 4.42 Å². The van der Waals surface area contributed by atoms with Gasteiger partial charge in [0.1, 0.15) is 11.6 Å². The van der Waals surface area contributed by atoms with E-state index >= 15 is 0 Å². The molecule has 7 nitrogen and oxygen atoms in total. The van der Waals surface area contributed by atoms with E-state index in [2.05, 4.69) is 25.6 Å². The Morgan fingerprint density at radius 1 is 1.35 bits per heavy atom. The zero-order chi connectivity index (χ0) is 13.9. The maximum Gasteiger partial charge on any atom is 0.213 e. The number of imidazole rings is 1. The van der Waals surface area contributed by atoms with E-state index in [1.807, 2.05) is 30.8 Å². The average Bonchev–Trinajstić information content (AvgIpc) is 3.12. The summed E-state index contributed by atoms with van der Waals surface area (Å²) < 4.78 is 7.47. The molecule has 0 amide bonds. The van der Waals surface area contributed by atoms with E-state index in [1.54, 1.807) is 12.4 Å². The number of aryl methyl sites for hydroxylation is 1. The number of oxazole rings is 1. The molecule has 0 aliphatic rings. The standard InChI is InChI=1S/C13H16N6O/c1-3-9-6-16-11(20-9)7-17-12-13-15-4-5-19(13)8-10(14-2)18-12/h4-6,8,14H,3,7H2,1-2H3,(H,17,18). The van der Waals surface area contributed by atoms with Gasteiger partial charge in [-0.05, 0) is 0 Å². The molecule has 3 rings (SSSR count). The van der Waals surface area contributed by atoms with Gasteiger partial charge in [0, 0.05) is 25.9 Å². The number of hydrogen-bond acceptors (Lipinski definition) is 6. The van der Waals surface area contributed by atoms with Gasteiger partial charge in [-0.15, -0.1) is 0 Å². The molecular weight excluding hydrogens is 256 g/mol. The number of anilines is 2. The van der Waals surface area contributed by atoms with Crippen molar-refractivity contribution >= 4 is 17.3 Å². The minimum Gasteiger partial charge on any atom is -0.444 e. The van der Waals surface area contributed by atoms with Crippen LogP contribution in [-0.2, 0) is 13.0 Å². The highest BCUT2D eigenvalue weighted by Gasteiger charge is 2.08. The van der Waals surface area contributed by atoms with Crippen LogP contribution in [0.15, 0.2) is 29.2 Å². The Kier molecular flexibility index (Phi) is 3.24. The van der Waals surface area contributed by atoms with Crippen molar-refractivity contribution < 1.29 is 4.42 Å². The maximum absolute atomic E-state index is 5.56. The summed E-state index contributed by atoms with van der Waals surface area (Å²) in [5, 5.41) is 6.23. The molecular formula is C13H16N6O. The first-order chi connectivity index (χ1) is 9.80. The van der Waals surface area contributed by atoms with Crippen LogP contribution in [0.5, 0.6) is 0 Å². The lowest BCUT2D eigenvalue weighted by molar-refractivity contribution is 0.465. The van der Waals surface area contributed by atoms with Crippen molar-refractivity contribution in [2.75, 3.05) is 17.7 Å². The van der Waals surface area contributed by atoms with E-state index in [1.165, 1.54) is 0 Å². The smallest absolute Gasteiger partial charge is 0.213 e. The van der Waals surface area contributed by atoms with Crippen LogP contribution >= 0.6 is 0 Å². The van der Waals surface area contributed by atoms with Crippen molar-refractivity contribution in [3.8, 4) is 0 Å². The first kappa shape index (κ1) is 12.5. The molecule has 0 saturated carbocycles. The van der Waals surface area contributed by atoms with Crippen LogP contribution in [0.1, 0.15) is 18.6 Å². The summed E-state index contributed by atoms with van der Waals surface area (Å²) in [4.78, 5) is 13.0. The number of nitrogens with one attached hydrogen (secondary N) is 2. The van der Waals surface area contributed by atoms with E-state index in [9.17, 15) is 0 Å². The molecule has 3 aromatic heterocycles. The minimum atomic E-state index is 0.475. The molecule has 20 heavy (non-hydrogen) atoms. The van der Waals surface area contributed by atoms with Crippen LogP contribution in [0.4, 0.5) is 11.6 Å². The molecule has 0 aliphatic carbocycles. The zero-order valence-corrected chi connectivity index (χ0v) is 11.4. The van der Waals surface area contributed by atoms with Gasteiger partial charge >= 0.3 is 0 Å². The summed E-state index contributed by atoms with van der Waals surface area (Å²) in [6, 6.07) is 0. The lowest BCUT2D eigenvalue weighted by Gasteiger charge is -2.07. The lowest BCUT2D eigenvalue weighted by atomic mass is 10.4. The fraction of sp³-hybridized carbons (Fsp3) is 0.308. The van der Waals surface area contributed by atoms with E-state index < -0.39 is 0 Å². The van der Waals surface area contributed by atoms with Crippen LogP contribution in [0.3, 0.4) is 0 Å². The molecule has 0 fully saturated rings. The largest absolute Gasteiger partial charge is 0.444 e. The molecule has 0 aliphatic heterocycles. The van der Waals surface area contributed by atoms with Crippen molar-refractivity contribution in [1.82, 2.24) is 19.4 Å². The topological polar surface area (TPSA) is 80.3 Å². The van der Waals surface area contributed by atoms with Crippen molar-refractivity contribution in [1.29, 1.82) is 0 Å². The lowest BCUT2D eigenvalue weighted by Crippen LogP contribution is -2.06. The van der Waals surface area contributed by atoms with Crippen LogP contribution in [0.25, 0.3) is 5.65 Å². The number of rotatable bonds is 5. The molecule has 0 radical (unpaired) electrons. The molecule has 0 aromatic carbocycles. The zero-order valence-electron chi connectivity index (χ0n) is 11.4. The Morgan fingerprint density at radius 2 is 2.25 bits per heavy atom. The Morgan fingerprint density at radius 3 is 3.00 bits per heavy atom. The summed E-state index contributed by atoms with van der Waals surface area (Å²) >= 11 is 0. The minimum absolute atomic E-state index is 0.475. The van der Waals surface area contributed by atoms with E-state index in [0.29, 0.717) is 18.3 Å². The monoisotopic (exact) mass is 272 g/mol. The Balaban J connectivity index is 1.84. The molecule has 0 spiro atoms. The first-order valence-electron chi connectivity index (χ1n) is 6.49. The van der Waals surface area contributed by atoms with Gasteiger partial charge in [-0.25, -0.2) is 15.0 Å². The van der Waals surface area contributed by atoms with Gasteiger partial charge in [-0.1, -0.05) is 6.92 Å². The van der Waals surface area contributed by atoms with Crippen LogP contribution in [-0.4, -0.2) is 26.4 Å². The number of hydrogen-bond donors (Lipinski definition) is 2. The fourth-order valence-corrected chi connectivity index (χ4v) is 1.92. The van der Waals surface area contributed by atoms with Crippen molar-refractivity contribution in [2.24, 2.45) is 0 Å². The van der Waals surface area contributed by atoms with Gasteiger partial charge in [0.05, 0.1) is 18.9 Å². The maximum atomic E-state index is 5.56. The summed E-state index contributed by atoms with van der Waals surface area (Å²) in [5.74, 6) is 2.98.